The lowest BCUT2D eigenvalue weighted by Gasteiger charge is -2.42. The molecule has 1 fully saturated rings. The van der Waals surface area contributed by atoms with E-state index < -0.39 is 37.0 Å². The Morgan fingerprint density at radius 3 is 2.21 bits per heavy atom. The summed E-state index contributed by atoms with van der Waals surface area (Å²) in [5.74, 6) is -2.86. The van der Waals surface area contributed by atoms with Gasteiger partial charge >= 0.3 is 5.97 Å². The van der Waals surface area contributed by atoms with E-state index >= 15 is 0 Å². The van der Waals surface area contributed by atoms with Crippen LogP contribution in [0, 0.1) is 0 Å². The van der Waals surface area contributed by atoms with Gasteiger partial charge in [0.15, 0.2) is 6.10 Å². The number of ether oxygens (including phenoxy) is 1. The SMILES string of the molecule is OC[C@H]1OC(O)(OO)[C@H](O)[C@@H](O)[C@@H]1O. The van der Waals surface area contributed by atoms with Gasteiger partial charge in [-0.25, -0.2) is 5.26 Å². The first-order chi connectivity index (χ1) is 6.46. The van der Waals surface area contributed by atoms with Gasteiger partial charge in [0.2, 0.25) is 0 Å². The molecule has 6 N–H and O–H groups in total. The van der Waals surface area contributed by atoms with Crippen LogP contribution < -0.4 is 0 Å². The Labute approximate surface area is 78.5 Å². The normalized spacial score (nSPS) is 49.3. The van der Waals surface area contributed by atoms with E-state index in [1.807, 2.05) is 0 Å². The van der Waals surface area contributed by atoms with Crippen LogP contribution in [0.4, 0.5) is 0 Å². The molecule has 0 aromatic rings. The molecule has 5 atom stereocenters. The summed E-state index contributed by atoms with van der Waals surface area (Å²) in [6, 6.07) is 0. The predicted molar refractivity (Wildman–Crippen MR) is 38.6 cm³/mol. The number of aliphatic hydroxyl groups is 5. The summed E-state index contributed by atoms with van der Waals surface area (Å²) in [6.45, 7) is -0.726. The highest BCUT2D eigenvalue weighted by Crippen LogP contribution is 2.28. The average molecular weight is 212 g/mol. The smallest absolute Gasteiger partial charge is 0.339 e. The Bertz CT molecular complexity index is 196. The van der Waals surface area contributed by atoms with Crippen LogP contribution in [0.25, 0.3) is 0 Å². The van der Waals surface area contributed by atoms with E-state index in [9.17, 15) is 15.3 Å². The van der Waals surface area contributed by atoms with Crippen LogP contribution in [-0.4, -0.2) is 67.8 Å². The zero-order valence-electron chi connectivity index (χ0n) is 7.02. The molecule has 1 rings (SSSR count). The van der Waals surface area contributed by atoms with Gasteiger partial charge in [-0.15, -0.1) is 0 Å². The lowest BCUT2D eigenvalue weighted by molar-refractivity contribution is -0.531. The van der Waals surface area contributed by atoms with E-state index in [1.165, 1.54) is 0 Å². The lowest BCUT2D eigenvalue weighted by atomic mass is 9.98. The standard InChI is InChI=1S/C6H12O8/c7-1-2-3(8)4(9)5(10)6(11,13-2)14-12/h2-5,7-12H,1H2/t2-,3-,4+,5-,6?/m1/s1. The molecule has 14 heavy (non-hydrogen) atoms. The van der Waals surface area contributed by atoms with Crippen LogP contribution in [0.3, 0.4) is 0 Å². The van der Waals surface area contributed by atoms with Crippen LogP contribution in [0.2, 0.25) is 0 Å². The summed E-state index contributed by atoms with van der Waals surface area (Å²) in [5, 5.41) is 53.6. The second kappa shape index (κ2) is 4.04. The summed E-state index contributed by atoms with van der Waals surface area (Å²) < 4.78 is 4.44. The fraction of sp³-hybridized carbons (Fsp3) is 1.00. The van der Waals surface area contributed by atoms with Gasteiger partial charge in [0.1, 0.15) is 18.3 Å². The maximum Gasteiger partial charge on any atom is 0.339 e. The summed E-state index contributed by atoms with van der Waals surface area (Å²) in [7, 11) is 0. The van der Waals surface area contributed by atoms with Crippen molar-refractivity contribution < 1.29 is 40.4 Å². The number of hydrogen-bond donors (Lipinski definition) is 6. The van der Waals surface area contributed by atoms with Gasteiger partial charge in [0.05, 0.1) is 6.61 Å². The number of aliphatic hydroxyl groups excluding tert-OH is 4. The molecule has 0 aromatic heterocycles. The molecular weight excluding hydrogens is 200 g/mol. The Kier molecular flexibility index (Phi) is 3.40. The van der Waals surface area contributed by atoms with Crippen LogP contribution in [0.1, 0.15) is 0 Å². The van der Waals surface area contributed by atoms with E-state index in [1.54, 1.807) is 0 Å². The van der Waals surface area contributed by atoms with E-state index in [2.05, 4.69) is 9.62 Å². The molecule has 0 spiro atoms. The minimum Gasteiger partial charge on any atom is -0.394 e. The molecule has 0 aromatic carbocycles. The molecule has 0 aliphatic carbocycles. The largest absolute Gasteiger partial charge is 0.394 e. The highest BCUT2D eigenvalue weighted by Gasteiger charge is 2.54. The van der Waals surface area contributed by atoms with Crippen LogP contribution in [0.5, 0.6) is 0 Å². The molecule has 1 heterocycles. The number of rotatable bonds is 2. The Hall–Kier alpha value is -0.320. The summed E-state index contributed by atoms with van der Waals surface area (Å²) >= 11 is 0. The van der Waals surface area contributed by atoms with Crippen molar-refractivity contribution in [1.29, 1.82) is 0 Å². The van der Waals surface area contributed by atoms with E-state index in [-0.39, 0.29) is 0 Å². The first kappa shape index (κ1) is 11.8. The second-order valence-corrected chi connectivity index (χ2v) is 2.99. The molecule has 8 heteroatoms. The lowest BCUT2D eigenvalue weighted by Crippen LogP contribution is -2.65. The first-order valence-electron chi connectivity index (χ1n) is 3.84. The molecular formula is C6H12O8. The van der Waals surface area contributed by atoms with Gasteiger partial charge in [-0.3, -0.25) is 0 Å². The minimum atomic E-state index is -2.86. The first-order valence-corrected chi connectivity index (χ1v) is 3.84. The summed E-state index contributed by atoms with van der Waals surface area (Å²) in [5.41, 5.74) is 0. The molecule has 84 valence electrons. The van der Waals surface area contributed by atoms with Crippen molar-refractivity contribution in [2.45, 2.75) is 30.4 Å². The molecule has 0 radical (unpaired) electrons. The van der Waals surface area contributed by atoms with Gasteiger partial charge in [-0.2, -0.15) is 4.89 Å². The third-order valence-corrected chi connectivity index (χ3v) is 2.06. The Morgan fingerprint density at radius 2 is 1.79 bits per heavy atom. The Balaban J connectivity index is 2.84. The molecule has 1 aliphatic rings. The molecule has 1 unspecified atom stereocenters. The van der Waals surface area contributed by atoms with E-state index in [0.29, 0.717) is 0 Å². The summed E-state index contributed by atoms with van der Waals surface area (Å²) in [6.07, 6.45) is -6.82. The predicted octanol–water partition coefficient (Wildman–Crippen LogP) is -3.40. The third kappa shape index (κ3) is 1.74. The van der Waals surface area contributed by atoms with Gasteiger partial charge < -0.3 is 30.3 Å². The zero-order chi connectivity index (χ0) is 10.9. The van der Waals surface area contributed by atoms with Crippen molar-refractivity contribution in [2.24, 2.45) is 0 Å². The minimum absolute atomic E-state index is 0.726. The highest BCUT2D eigenvalue weighted by molar-refractivity contribution is 4.91. The maximum absolute atomic E-state index is 9.21. The van der Waals surface area contributed by atoms with Crippen molar-refractivity contribution in [2.75, 3.05) is 6.61 Å². The van der Waals surface area contributed by atoms with Gasteiger partial charge in [0.25, 0.3) is 0 Å². The zero-order valence-corrected chi connectivity index (χ0v) is 7.02. The molecule has 0 bridgehead atoms. The third-order valence-electron chi connectivity index (χ3n) is 2.06. The maximum atomic E-state index is 9.21. The van der Waals surface area contributed by atoms with Crippen molar-refractivity contribution in [1.82, 2.24) is 0 Å². The van der Waals surface area contributed by atoms with Crippen LogP contribution in [-0.2, 0) is 9.62 Å². The van der Waals surface area contributed by atoms with E-state index in [4.69, 9.17) is 15.5 Å². The second-order valence-electron chi connectivity index (χ2n) is 2.99. The van der Waals surface area contributed by atoms with Gasteiger partial charge in [-0.05, 0) is 0 Å². The molecule has 1 aliphatic heterocycles. The fourth-order valence-electron chi connectivity index (χ4n) is 1.20. The molecule has 8 nitrogen and oxygen atoms in total. The monoisotopic (exact) mass is 212 g/mol. The van der Waals surface area contributed by atoms with Gasteiger partial charge in [-0.1, -0.05) is 0 Å². The van der Waals surface area contributed by atoms with Gasteiger partial charge in [0, 0.05) is 0 Å². The fourth-order valence-corrected chi connectivity index (χ4v) is 1.20. The van der Waals surface area contributed by atoms with Crippen molar-refractivity contribution in [3.05, 3.63) is 0 Å². The Morgan fingerprint density at radius 1 is 1.21 bits per heavy atom. The quantitative estimate of drug-likeness (QED) is 0.158. The average Bonchev–Trinajstić information content (AvgIpc) is 2.20. The highest BCUT2D eigenvalue weighted by atomic mass is 17.2. The topological polar surface area (TPSA) is 140 Å². The number of hydrogen-bond acceptors (Lipinski definition) is 8. The van der Waals surface area contributed by atoms with Crippen molar-refractivity contribution in [3.63, 3.8) is 0 Å². The molecule has 0 amide bonds. The summed E-state index contributed by atoms with van der Waals surface area (Å²) in [4.78, 5) is 3.44. The van der Waals surface area contributed by atoms with E-state index in [0.717, 1.165) is 0 Å². The van der Waals surface area contributed by atoms with Crippen molar-refractivity contribution in [3.8, 4) is 0 Å². The van der Waals surface area contributed by atoms with Crippen molar-refractivity contribution >= 4 is 0 Å². The van der Waals surface area contributed by atoms with Crippen LogP contribution in [0.15, 0.2) is 0 Å². The molecule has 0 saturated carbocycles. The molecule has 1 saturated heterocycles. The van der Waals surface area contributed by atoms with Crippen LogP contribution >= 0.6 is 0 Å².